The topological polar surface area (TPSA) is 59.4 Å². The standard InChI is InChI=1S/C25H23Cl2FN4O2/c26-18-6-9-22(21(27)13-18)32-24-17(12-16-4-7-19(28)8-5-16)14-34-15-20(24)23(29-32)25(33)30-31-10-2-1-3-11-31/h4-9,12-13H,1-3,10-11,14-15H2,(H,30,33)/b17-12+. The van der Waals surface area contributed by atoms with E-state index < -0.39 is 0 Å². The molecule has 5 rings (SSSR count). The number of benzene rings is 2. The van der Waals surface area contributed by atoms with Gasteiger partial charge in [-0.2, -0.15) is 5.10 Å². The molecular weight excluding hydrogens is 478 g/mol. The van der Waals surface area contributed by atoms with Gasteiger partial charge in [-0.25, -0.2) is 14.1 Å². The van der Waals surface area contributed by atoms with E-state index in [0.29, 0.717) is 27.9 Å². The summed E-state index contributed by atoms with van der Waals surface area (Å²) in [4.78, 5) is 13.3. The first kappa shape index (κ1) is 23.1. The molecule has 6 nitrogen and oxygen atoms in total. The number of nitrogens with zero attached hydrogens (tertiary/aromatic N) is 3. The van der Waals surface area contributed by atoms with Crippen LogP contribution >= 0.6 is 23.2 Å². The maximum Gasteiger partial charge on any atom is 0.286 e. The molecule has 2 aliphatic heterocycles. The molecular formula is C25H23Cl2FN4O2. The summed E-state index contributed by atoms with van der Waals surface area (Å²) in [6.07, 6.45) is 5.16. The van der Waals surface area contributed by atoms with Crippen molar-refractivity contribution in [3.05, 3.63) is 80.8 Å². The number of halogens is 3. The Labute approximate surface area is 206 Å². The maximum absolute atomic E-state index is 13.4. The van der Waals surface area contributed by atoms with Crippen molar-refractivity contribution in [2.75, 3.05) is 19.7 Å². The Morgan fingerprint density at radius 3 is 2.56 bits per heavy atom. The molecule has 0 atom stereocenters. The van der Waals surface area contributed by atoms with Gasteiger partial charge in [0.05, 0.1) is 29.6 Å². The average molecular weight is 501 g/mol. The second-order valence-corrected chi connectivity index (χ2v) is 9.23. The van der Waals surface area contributed by atoms with Gasteiger partial charge in [-0.15, -0.1) is 0 Å². The van der Waals surface area contributed by atoms with Crippen molar-refractivity contribution in [1.29, 1.82) is 0 Å². The molecule has 9 heteroatoms. The van der Waals surface area contributed by atoms with Crippen LogP contribution in [0.4, 0.5) is 4.39 Å². The van der Waals surface area contributed by atoms with E-state index in [1.54, 1.807) is 35.0 Å². The lowest BCUT2D eigenvalue weighted by molar-refractivity contribution is 0.0738. The van der Waals surface area contributed by atoms with Gasteiger partial charge in [-0.3, -0.25) is 10.2 Å². The van der Waals surface area contributed by atoms with E-state index in [0.717, 1.165) is 49.2 Å². The van der Waals surface area contributed by atoms with Crippen LogP contribution in [0.25, 0.3) is 17.3 Å². The molecule has 0 spiro atoms. The molecule has 0 radical (unpaired) electrons. The van der Waals surface area contributed by atoms with E-state index in [1.165, 1.54) is 12.1 Å². The highest BCUT2D eigenvalue weighted by atomic mass is 35.5. The van der Waals surface area contributed by atoms with Crippen molar-refractivity contribution in [1.82, 2.24) is 20.2 Å². The molecule has 2 aliphatic rings. The van der Waals surface area contributed by atoms with Crippen LogP contribution in [0.3, 0.4) is 0 Å². The van der Waals surface area contributed by atoms with Crippen molar-refractivity contribution in [2.45, 2.75) is 25.9 Å². The summed E-state index contributed by atoms with van der Waals surface area (Å²) in [7, 11) is 0. The summed E-state index contributed by atoms with van der Waals surface area (Å²) in [6.45, 7) is 2.17. The zero-order chi connectivity index (χ0) is 23.7. The van der Waals surface area contributed by atoms with Gasteiger partial charge >= 0.3 is 0 Å². The van der Waals surface area contributed by atoms with Gasteiger partial charge in [-0.05, 0) is 54.8 Å². The molecule has 1 aromatic heterocycles. The highest BCUT2D eigenvalue weighted by Gasteiger charge is 2.30. The van der Waals surface area contributed by atoms with Crippen LogP contribution in [0, 0.1) is 5.82 Å². The van der Waals surface area contributed by atoms with Crippen LogP contribution in [0.2, 0.25) is 10.0 Å². The largest absolute Gasteiger partial charge is 0.372 e. The van der Waals surface area contributed by atoms with Gasteiger partial charge in [-0.1, -0.05) is 41.8 Å². The highest BCUT2D eigenvalue weighted by Crippen LogP contribution is 2.34. The average Bonchev–Trinajstić information content (AvgIpc) is 3.22. The third kappa shape index (κ3) is 4.74. The normalized spacial score (nSPS) is 17.6. The lowest BCUT2D eigenvalue weighted by atomic mass is 10.0. The summed E-state index contributed by atoms with van der Waals surface area (Å²) in [5.41, 5.74) is 6.92. The number of ether oxygens (including phenoxy) is 1. The van der Waals surface area contributed by atoms with Crippen molar-refractivity contribution in [3.8, 4) is 5.69 Å². The molecule has 1 saturated heterocycles. The van der Waals surface area contributed by atoms with Gasteiger partial charge in [0.25, 0.3) is 5.91 Å². The van der Waals surface area contributed by atoms with Crippen molar-refractivity contribution >= 4 is 40.8 Å². The molecule has 0 unspecified atom stereocenters. The summed E-state index contributed by atoms with van der Waals surface area (Å²) in [6, 6.07) is 11.3. The lowest BCUT2D eigenvalue weighted by Gasteiger charge is -2.26. The fourth-order valence-corrected chi connectivity index (χ4v) is 4.82. The Morgan fingerprint density at radius 2 is 1.82 bits per heavy atom. The minimum atomic E-state index is -0.308. The Morgan fingerprint density at radius 1 is 1.06 bits per heavy atom. The first-order valence-corrected chi connectivity index (χ1v) is 11.9. The van der Waals surface area contributed by atoms with Gasteiger partial charge in [0, 0.05) is 29.2 Å². The van der Waals surface area contributed by atoms with Gasteiger partial charge in [0.1, 0.15) is 5.82 Å². The van der Waals surface area contributed by atoms with E-state index >= 15 is 0 Å². The smallest absolute Gasteiger partial charge is 0.286 e. The number of nitrogens with one attached hydrogen (secondary N) is 1. The maximum atomic E-state index is 13.4. The monoisotopic (exact) mass is 500 g/mol. The number of aromatic nitrogens is 2. The summed E-state index contributed by atoms with van der Waals surface area (Å²) in [5, 5.41) is 7.54. The number of hydrogen-bond donors (Lipinski definition) is 1. The number of hydrazine groups is 1. The number of carbonyl (C=O) groups is 1. The van der Waals surface area contributed by atoms with Crippen LogP contribution < -0.4 is 5.43 Å². The lowest BCUT2D eigenvalue weighted by Crippen LogP contribution is -2.45. The zero-order valence-electron chi connectivity index (χ0n) is 18.4. The number of rotatable bonds is 4. The molecule has 3 aromatic rings. The van der Waals surface area contributed by atoms with Crippen molar-refractivity contribution in [2.24, 2.45) is 0 Å². The number of piperidine rings is 1. The molecule has 1 N–H and O–H groups in total. The Balaban J connectivity index is 1.61. The van der Waals surface area contributed by atoms with Crippen LogP contribution in [0.1, 0.15) is 46.6 Å². The minimum Gasteiger partial charge on any atom is -0.372 e. The second-order valence-electron chi connectivity index (χ2n) is 8.39. The molecule has 2 aromatic carbocycles. The first-order valence-electron chi connectivity index (χ1n) is 11.2. The first-order chi connectivity index (χ1) is 16.5. The van der Waals surface area contributed by atoms with E-state index in [2.05, 4.69) is 5.43 Å². The second kappa shape index (κ2) is 9.88. The molecule has 1 fully saturated rings. The minimum absolute atomic E-state index is 0.240. The van der Waals surface area contributed by atoms with Crippen LogP contribution in [-0.4, -0.2) is 40.4 Å². The van der Waals surface area contributed by atoms with Gasteiger partial charge in [0.2, 0.25) is 0 Å². The summed E-state index contributed by atoms with van der Waals surface area (Å²) in [5.74, 6) is -0.592. The molecule has 1 amide bonds. The molecule has 0 bridgehead atoms. The third-order valence-electron chi connectivity index (χ3n) is 5.97. The summed E-state index contributed by atoms with van der Waals surface area (Å²) < 4.78 is 20.9. The van der Waals surface area contributed by atoms with E-state index in [-0.39, 0.29) is 24.0 Å². The predicted octanol–water partition coefficient (Wildman–Crippen LogP) is 5.52. The zero-order valence-corrected chi connectivity index (χ0v) is 19.9. The fraction of sp³-hybridized carbons (Fsp3) is 0.280. The molecule has 176 valence electrons. The number of hydrogen-bond acceptors (Lipinski definition) is 4. The van der Waals surface area contributed by atoms with E-state index in [4.69, 9.17) is 33.0 Å². The van der Waals surface area contributed by atoms with Crippen molar-refractivity contribution in [3.63, 3.8) is 0 Å². The number of carbonyl (C=O) groups excluding carboxylic acids is 1. The van der Waals surface area contributed by atoms with Crippen LogP contribution in [0.5, 0.6) is 0 Å². The molecule has 0 saturated carbocycles. The van der Waals surface area contributed by atoms with E-state index in [9.17, 15) is 9.18 Å². The molecule has 34 heavy (non-hydrogen) atoms. The Bertz CT molecular complexity index is 1250. The quantitative estimate of drug-likeness (QED) is 0.512. The molecule has 3 heterocycles. The SMILES string of the molecule is O=C(NN1CCCCC1)c1nn(-c2ccc(Cl)cc2Cl)c2c1COC/C2=C\c1ccc(F)cc1. The van der Waals surface area contributed by atoms with Gasteiger partial charge < -0.3 is 4.74 Å². The predicted molar refractivity (Wildman–Crippen MR) is 130 cm³/mol. The van der Waals surface area contributed by atoms with Crippen LogP contribution in [0.15, 0.2) is 42.5 Å². The van der Waals surface area contributed by atoms with Crippen LogP contribution in [-0.2, 0) is 11.3 Å². The Hall–Kier alpha value is -2.71. The number of amides is 1. The third-order valence-corrected chi connectivity index (χ3v) is 6.51. The van der Waals surface area contributed by atoms with E-state index in [1.807, 2.05) is 11.1 Å². The molecule has 0 aliphatic carbocycles. The highest BCUT2D eigenvalue weighted by molar-refractivity contribution is 6.35. The van der Waals surface area contributed by atoms with Gasteiger partial charge in [0.15, 0.2) is 5.69 Å². The Kier molecular flexibility index (Phi) is 6.70. The fourth-order valence-electron chi connectivity index (χ4n) is 4.33. The van der Waals surface area contributed by atoms with Crippen molar-refractivity contribution < 1.29 is 13.9 Å². The summed E-state index contributed by atoms with van der Waals surface area (Å²) >= 11 is 12.6. The number of fused-ring (bicyclic) bond motifs is 1.